The molecule has 192 valence electrons. The van der Waals surface area contributed by atoms with Crippen LogP contribution in [0.5, 0.6) is 0 Å². The van der Waals surface area contributed by atoms with Crippen LogP contribution in [0.2, 0.25) is 0 Å². The lowest BCUT2D eigenvalue weighted by molar-refractivity contribution is -0.159. The molecule has 1 aliphatic carbocycles. The Morgan fingerprint density at radius 3 is 2.33 bits per heavy atom. The zero-order valence-electron chi connectivity index (χ0n) is 19.6. The number of hydrogen-bond acceptors (Lipinski definition) is 9. The molecule has 1 aliphatic rings. The highest BCUT2D eigenvalue weighted by Crippen LogP contribution is 2.30. The van der Waals surface area contributed by atoms with Crippen LogP contribution in [0.15, 0.2) is 0 Å². The summed E-state index contributed by atoms with van der Waals surface area (Å²) in [4.78, 5) is 34.2. The highest BCUT2D eigenvalue weighted by atomic mass is 32.2. The largest absolute Gasteiger partial charge is 0.508 e. The van der Waals surface area contributed by atoms with Crippen molar-refractivity contribution in [3.8, 4) is 0 Å². The fourth-order valence-corrected chi connectivity index (χ4v) is 4.82. The predicted octanol–water partition coefficient (Wildman–Crippen LogP) is 1.82. The van der Waals surface area contributed by atoms with Crippen LogP contribution in [0.1, 0.15) is 65.7 Å². The molecule has 12 heteroatoms. The minimum Gasteiger partial charge on any atom is -0.479 e. The van der Waals surface area contributed by atoms with Crippen molar-refractivity contribution in [2.45, 2.75) is 77.9 Å². The maximum absolute atomic E-state index is 12.4. The first-order valence-corrected chi connectivity index (χ1v) is 12.8. The first-order chi connectivity index (χ1) is 15.3. The van der Waals surface area contributed by atoms with Gasteiger partial charge < -0.3 is 25.0 Å². The lowest BCUT2D eigenvalue weighted by Crippen LogP contribution is -2.49. The van der Waals surface area contributed by atoms with Gasteiger partial charge in [0, 0.05) is 18.9 Å². The van der Waals surface area contributed by atoms with Crippen molar-refractivity contribution in [2.75, 3.05) is 25.5 Å². The second kappa shape index (κ2) is 13.7. The molecule has 3 N–H and O–H groups in total. The molecule has 33 heavy (non-hydrogen) atoms. The number of carbonyl (C=O) groups is 3. The number of rotatable bonds is 14. The summed E-state index contributed by atoms with van der Waals surface area (Å²) in [7, 11) is -4.19. The number of carboxylic acids is 1. The number of aliphatic hydroxyl groups excluding tert-OH is 1. The van der Waals surface area contributed by atoms with Crippen LogP contribution >= 0.6 is 0 Å². The summed E-state index contributed by atoms with van der Waals surface area (Å²) in [5.74, 6) is -1.86. The lowest BCUT2D eigenvalue weighted by Gasteiger charge is -2.35. The fourth-order valence-electron chi connectivity index (χ4n) is 3.57. The van der Waals surface area contributed by atoms with Crippen LogP contribution in [0, 0.1) is 11.3 Å². The van der Waals surface area contributed by atoms with Gasteiger partial charge in [-0.2, -0.15) is 8.42 Å². The third kappa shape index (κ3) is 11.2. The van der Waals surface area contributed by atoms with Gasteiger partial charge in [0.2, 0.25) is 5.91 Å². The zero-order valence-corrected chi connectivity index (χ0v) is 20.4. The van der Waals surface area contributed by atoms with Gasteiger partial charge in [-0.25, -0.2) is 9.59 Å². The van der Waals surface area contributed by atoms with Crippen LogP contribution in [0.4, 0.5) is 4.79 Å². The van der Waals surface area contributed by atoms with Gasteiger partial charge in [-0.3, -0.25) is 8.98 Å². The quantitative estimate of drug-likeness (QED) is 0.184. The molecule has 1 amide bonds. The van der Waals surface area contributed by atoms with Crippen LogP contribution in [-0.4, -0.2) is 74.4 Å². The molecule has 1 unspecified atom stereocenters. The van der Waals surface area contributed by atoms with E-state index in [4.69, 9.17) is 13.7 Å². The van der Waals surface area contributed by atoms with E-state index in [0.29, 0.717) is 12.3 Å². The molecule has 11 nitrogen and oxygen atoms in total. The molecule has 0 saturated heterocycles. The second-order valence-corrected chi connectivity index (χ2v) is 10.7. The molecule has 0 bridgehead atoms. The number of aliphatic hydroxyl groups is 1. The van der Waals surface area contributed by atoms with Gasteiger partial charge in [0.1, 0.15) is 12.7 Å². The minimum absolute atomic E-state index is 0.0562. The van der Waals surface area contributed by atoms with E-state index in [1.54, 1.807) is 0 Å². The number of nitrogens with one attached hydrogen (secondary N) is 1. The van der Waals surface area contributed by atoms with Crippen LogP contribution in [0.25, 0.3) is 0 Å². The average Bonchev–Trinajstić information content (AvgIpc) is 2.74. The lowest BCUT2D eigenvalue weighted by atomic mass is 9.81. The number of aliphatic carboxylic acids is 1. The van der Waals surface area contributed by atoms with Crippen molar-refractivity contribution in [3.05, 3.63) is 0 Å². The predicted molar refractivity (Wildman–Crippen MR) is 118 cm³/mol. The van der Waals surface area contributed by atoms with Gasteiger partial charge in [-0.1, -0.05) is 46.0 Å². The molecule has 0 radical (unpaired) electrons. The molecule has 0 aliphatic heterocycles. The number of hydrogen-bond donors (Lipinski definition) is 3. The Morgan fingerprint density at radius 2 is 1.76 bits per heavy atom. The molecule has 0 heterocycles. The van der Waals surface area contributed by atoms with Crippen molar-refractivity contribution in [3.63, 3.8) is 0 Å². The summed E-state index contributed by atoms with van der Waals surface area (Å²) >= 11 is 0. The Morgan fingerprint density at radius 1 is 1.12 bits per heavy atom. The van der Waals surface area contributed by atoms with E-state index >= 15 is 0 Å². The number of amides is 1. The highest BCUT2D eigenvalue weighted by Gasteiger charge is 2.44. The van der Waals surface area contributed by atoms with E-state index in [1.165, 1.54) is 27.2 Å². The van der Waals surface area contributed by atoms with Crippen molar-refractivity contribution >= 4 is 28.1 Å². The van der Waals surface area contributed by atoms with E-state index in [-0.39, 0.29) is 25.5 Å². The Hall–Kier alpha value is -1.92. The van der Waals surface area contributed by atoms with Crippen LogP contribution < -0.4 is 5.32 Å². The van der Waals surface area contributed by atoms with Crippen molar-refractivity contribution in [1.29, 1.82) is 0 Å². The average molecular weight is 496 g/mol. The summed E-state index contributed by atoms with van der Waals surface area (Å²) in [5.41, 5.74) is -1.63. The van der Waals surface area contributed by atoms with Crippen LogP contribution in [0.3, 0.4) is 0 Å². The molecule has 0 aromatic heterocycles. The van der Waals surface area contributed by atoms with Crippen molar-refractivity contribution < 1.29 is 46.7 Å². The van der Waals surface area contributed by atoms with E-state index in [9.17, 15) is 33.0 Å². The molecule has 0 aromatic rings. The van der Waals surface area contributed by atoms with E-state index in [1.807, 2.05) is 0 Å². The van der Waals surface area contributed by atoms with Crippen molar-refractivity contribution in [1.82, 2.24) is 5.32 Å². The first-order valence-electron chi connectivity index (χ1n) is 11.2. The summed E-state index contributed by atoms with van der Waals surface area (Å²) in [6.45, 7) is 3.51. The summed E-state index contributed by atoms with van der Waals surface area (Å²) in [6, 6.07) is 0. The first kappa shape index (κ1) is 29.1. The van der Waals surface area contributed by atoms with Gasteiger partial charge in [0.15, 0.2) is 6.10 Å². The van der Waals surface area contributed by atoms with Crippen molar-refractivity contribution in [2.24, 2.45) is 11.3 Å². The standard InChI is InChI=1S/C21H37NO10S/c1-15(23)22-11-7-13-33(28,29)32-17(21(2,3)18(24)19(25)26)14-31-20(27)30-12-10-16-8-5-4-6-9-16/h16-18,24H,4-14H2,1-3H3,(H,22,23)(H,25,26)/t17?,18-/m0/s1. The summed E-state index contributed by atoms with van der Waals surface area (Å²) in [6.07, 6.45) is 2.00. The smallest absolute Gasteiger partial charge is 0.479 e. The number of ether oxygens (including phenoxy) is 2. The molecular formula is C21H37NO10S. The topological polar surface area (TPSA) is 166 Å². The molecule has 1 saturated carbocycles. The molecule has 1 fully saturated rings. The SMILES string of the molecule is CC(=O)NCCCS(=O)(=O)OC(COC(=O)OCCC1CCCCC1)C(C)(C)[C@@H](O)C(=O)O. The Bertz CT molecular complexity index is 746. The Kier molecular flexibility index (Phi) is 12.1. The molecule has 0 aromatic carbocycles. The highest BCUT2D eigenvalue weighted by molar-refractivity contribution is 7.86. The van der Waals surface area contributed by atoms with Gasteiger partial charge in [0.25, 0.3) is 10.1 Å². The third-order valence-electron chi connectivity index (χ3n) is 5.80. The molecular weight excluding hydrogens is 458 g/mol. The number of carbonyl (C=O) groups excluding carboxylic acids is 2. The Labute approximate surface area is 195 Å². The van der Waals surface area contributed by atoms with Gasteiger partial charge >= 0.3 is 12.1 Å². The van der Waals surface area contributed by atoms with Gasteiger partial charge in [0.05, 0.1) is 12.4 Å². The van der Waals surface area contributed by atoms with Gasteiger partial charge in [-0.15, -0.1) is 0 Å². The Balaban J connectivity index is 2.68. The van der Waals surface area contributed by atoms with Crippen LogP contribution in [-0.2, 0) is 33.4 Å². The van der Waals surface area contributed by atoms with E-state index < -0.39 is 52.2 Å². The zero-order chi connectivity index (χ0) is 25.1. The summed E-state index contributed by atoms with van der Waals surface area (Å²) < 4.78 is 40.0. The maximum atomic E-state index is 12.4. The normalized spacial score (nSPS) is 17.1. The molecule has 2 atom stereocenters. The van der Waals surface area contributed by atoms with E-state index in [0.717, 1.165) is 25.7 Å². The number of carboxylic acid groups (broad SMARTS) is 1. The molecule has 1 rings (SSSR count). The van der Waals surface area contributed by atoms with Gasteiger partial charge in [-0.05, 0) is 18.8 Å². The molecule has 0 spiro atoms. The van der Waals surface area contributed by atoms with E-state index in [2.05, 4.69) is 5.32 Å². The third-order valence-corrected chi connectivity index (χ3v) is 7.11. The summed E-state index contributed by atoms with van der Waals surface area (Å²) in [5, 5.41) is 21.7. The minimum atomic E-state index is -4.19. The second-order valence-electron chi connectivity index (χ2n) is 8.95. The maximum Gasteiger partial charge on any atom is 0.508 e. The fraction of sp³-hybridized carbons (Fsp3) is 0.857. The monoisotopic (exact) mass is 495 g/mol.